The van der Waals surface area contributed by atoms with Gasteiger partial charge in [0.15, 0.2) is 11.6 Å². The summed E-state index contributed by atoms with van der Waals surface area (Å²) in [5.41, 5.74) is 0.227. The van der Waals surface area contributed by atoms with Crippen molar-refractivity contribution in [2.75, 3.05) is 0 Å². The lowest BCUT2D eigenvalue weighted by molar-refractivity contribution is -0.125. The first-order valence-electron chi connectivity index (χ1n) is 5.76. The molecule has 0 saturated carbocycles. The Morgan fingerprint density at radius 2 is 1.83 bits per heavy atom. The molecule has 2 unspecified atom stereocenters. The second-order valence-electron chi connectivity index (χ2n) is 4.57. The molecule has 3 nitrogen and oxygen atoms in total. The van der Waals surface area contributed by atoms with Gasteiger partial charge in [-0.05, 0) is 24.6 Å². The zero-order chi connectivity index (χ0) is 13.9. The quantitative estimate of drug-likeness (QED) is 0.868. The SMILES string of the molecule is CC(C)C(=O)NC(C)C(O)c1ccc(F)c(F)c1. The van der Waals surface area contributed by atoms with Gasteiger partial charge in [0.05, 0.1) is 12.1 Å². The van der Waals surface area contributed by atoms with Gasteiger partial charge in [0, 0.05) is 5.92 Å². The van der Waals surface area contributed by atoms with E-state index in [1.807, 2.05) is 0 Å². The Morgan fingerprint density at radius 1 is 1.22 bits per heavy atom. The molecule has 0 heterocycles. The zero-order valence-electron chi connectivity index (χ0n) is 10.6. The Kier molecular flexibility index (Phi) is 4.78. The van der Waals surface area contributed by atoms with Crippen molar-refractivity contribution in [3.05, 3.63) is 35.4 Å². The summed E-state index contributed by atoms with van der Waals surface area (Å²) < 4.78 is 25.8. The normalized spacial score (nSPS) is 14.4. The molecule has 100 valence electrons. The highest BCUT2D eigenvalue weighted by molar-refractivity contribution is 5.78. The summed E-state index contributed by atoms with van der Waals surface area (Å²) in [6, 6.07) is 2.59. The number of hydrogen-bond donors (Lipinski definition) is 2. The van der Waals surface area contributed by atoms with Gasteiger partial charge in [0.1, 0.15) is 0 Å². The van der Waals surface area contributed by atoms with E-state index in [-0.39, 0.29) is 17.4 Å². The molecule has 0 aliphatic heterocycles. The third kappa shape index (κ3) is 3.50. The van der Waals surface area contributed by atoms with Gasteiger partial charge in [-0.25, -0.2) is 8.78 Å². The molecule has 0 radical (unpaired) electrons. The maximum atomic E-state index is 13.0. The fourth-order valence-corrected chi connectivity index (χ4v) is 1.46. The highest BCUT2D eigenvalue weighted by atomic mass is 19.2. The monoisotopic (exact) mass is 257 g/mol. The number of carbonyl (C=O) groups is 1. The van der Waals surface area contributed by atoms with E-state index in [2.05, 4.69) is 5.32 Å². The molecule has 1 aromatic rings. The van der Waals surface area contributed by atoms with Crippen LogP contribution < -0.4 is 5.32 Å². The van der Waals surface area contributed by atoms with Gasteiger partial charge >= 0.3 is 0 Å². The molecular weight excluding hydrogens is 240 g/mol. The minimum absolute atomic E-state index is 0.204. The van der Waals surface area contributed by atoms with Gasteiger partial charge in [-0.2, -0.15) is 0 Å². The lowest BCUT2D eigenvalue weighted by Gasteiger charge is -2.21. The minimum Gasteiger partial charge on any atom is -0.386 e. The van der Waals surface area contributed by atoms with Crippen molar-refractivity contribution in [2.45, 2.75) is 32.9 Å². The predicted molar refractivity (Wildman–Crippen MR) is 63.8 cm³/mol. The van der Waals surface area contributed by atoms with E-state index in [9.17, 15) is 18.7 Å². The van der Waals surface area contributed by atoms with Crippen LogP contribution >= 0.6 is 0 Å². The summed E-state index contributed by atoms with van der Waals surface area (Å²) in [5, 5.41) is 12.5. The van der Waals surface area contributed by atoms with E-state index >= 15 is 0 Å². The summed E-state index contributed by atoms with van der Waals surface area (Å²) in [4.78, 5) is 11.5. The fraction of sp³-hybridized carbons (Fsp3) is 0.462. The van der Waals surface area contributed by atoms with Crippen LogP contribution in [0.1, 0.15) is 32.4 Å². The summed E-state index contributed by atoms with van der Waals surface area (Å²) in [5.74, 6) is -2.40. The number of aliphatic hydroxyl groups excluding tert-OH is 1. The van der Waals surface area contributed by atoms with Crippen molar-refractivity contribution < 1.29 is 18.7 Å². The van der Waals surface area contributed by atoms with Crippen LogP contribution in [0.5, 0.6) is 0 Å². The Bertz CT molecular complexity index is 435. The zero-order valence-corrected chi connectivity index (χ0v) is 10.6. The maximum Gasteiger partial charge on any atom is 0.222 e. The van der Waals surface area contributed by atoms with Crippen LogP contribution in [0.4, 0.5) is 8.78 Å². The average Bonchev–Trinajstić information content (AvgIpc) is 2.31. The van der Waals surface area contributed by atoms with Crippen molar-refractivity contribution in [3.63, 3.8) is 0 Å². The van der Waals surface area contributed by atoms with Crippen LogP contribution in [0.2, 0.25) is 0 Å². The van der Waals surface area contributed by atoms with Crippen molar-refractivity contribution >= 4 is 5.91 Å². The number of benzene rings is 1. The first-order chi connectivity index (χ1) is 8.32. The van der Waals surface area contributed by atoms with Crippen LogP contribution in [0.3, 0.4) is 0 Å². The van der Waals surface area contributed by atoms with Crippen LogP contribution in [-0.4, -0.2) is 17.1 Å². The molecule has 0 saturated heterocycles. The van der Waals surface area contributed by atoms with E-state index in [1.54, 1.807) is 20.8 Å². The summed E-state index contributed by atoms with van der Waals surface area (Å²) in [6.07, 6.45) is -1.08. The molecule has 1 amide bonds. The molecule has 5 heteroatoms. The Morgan fingerprint density at radius 3 is 2.33 bits per heavy atom. The van der Waals surface area contributed by atoms with Crippen LogP contribution in [-0.2, 0) is 4.79 Å². The van der Waals surface area contributed by atoms with Crippen molar-refractivity contribution in [3.8, 4) is 0 Å². The average molecular weight is 257 g/mol. The number of carbonyl (C=O) groups excluding carboxylic acids is 1. The van der Waals surface area contributed by atoms with Crippen LogP contribution in [0.25, 0.3) is 0 Å². The number of hydrogen-bond acceptors (Lipinski definition) is 2. The Balaban J connectivity index is 2.76. The molecule has 0 aromatic heterocycles. The molecule has 0 spiro atoms. The van der Waals surface area contributed by atoms with Crippen molar-refractivity contribution in [2.24, 2.45) is 5.92 Å². The lowest BCUT2D eigenvalue weighted by Crippen LogP contribution is -2.39. The molecule has 18 heavy (non-hydrogen) atoms. The smallest absolute Gasteiger partial charge is 0.222 e. The number of aliphatic hydroxyl groups is 1. The summed E-state index contributed by atoms with van der Waals surface area (Å²) in [6.45, 7) is 5.06. The van der Waals surface area contributed by atoms with E-state index in [4.69, 9.17) is 0 Å². The Hall–Kier alpha value is -1.49. The highest BCUT2D eigenvalue weighted by Gasteiger charge is 2.20. The topological polar surface area (TPSA) is 49.3 Å². The molecule has 1 rings (SSSR count). The lowest BCUT2D eigenvalue weighted by atomic mass is 10.0. The largest absolute Gasteiger partial charge is 0.386 e. The number of halogens is 2. The predicted octanol–water partition coefficient (Wildman–Crippen LogP) is 2.16. The fourth-order valence-electron chi connectivity index (χ4n) is 1.46. The molecule has 0 fully saturated rings. The molecule has 2 atom stereocenters. The van der Waals surface area contributed by atoms with Gasteiger partial charge in [0.25, 0.3) is 0 Å². The molecule has 1 aromatic carbocycles. The molecule has 0 aliphatic rings. The third-order valence-electron chi connectivity index (χ3n) is 2.65. The van der Waals surface area contributed by atoms with Gasteiger partial charge in [0.2, 0.25) is 5.91 Å². The van der Waals surface area contributed by atoms with Crippen LogP contribution in [0.15, 0.2) is 18.2 Å². The van der Waals surface area contributed by atoms with E-state index in [0.717, 1.165) is 12.1 Å². The molecule has 2 N–H and O–H groups in total. The highest BCUT2D eigenvalue weighted by Crippen LogP contribution is 2.19. The van der Waals surface area contributed by atoms with E-state index in [1.165, 1.54) is 6.07 Å². The Labute approximate surface area is 105 Å². The van der Waals surface area contributed by atoms with Crippen molar-refractivity contribution in [1.82, 2.24) is 5.32 Å². The van der Waals surface area contributed by atoms with Gasteiger partial charge < -0.3 is 10.4 Å². The number of rotatable bonds is 4. The molecular formula is C13H17F2NO2. The van der Waals surface area contributed by atoms with Gasteiger partial charge in [-0.3, -0.25) is 4.79 Å². The van der Waals surface area contributed by atoms with Crippen LogP contribution in [0, 0.1) is 17.6 Å². The first kappa shape index (κ1) is 14.6. The number of amides is 1. The second-order valence-corrected chi connectivity index (χ2v) is 4.57. The van der Waals surface area contributed by atoms with Crippen molar-refractivity contribution in [1.29, 1.82) is 0 Å². The first-order valence-corrected chi connectivity index (χ1v) is 5.76. The molecule has 0 bridgehead atoms. The van der Waals surface area contributed by atoms with Gasteiger partial charge in [-0.15, -0.1) is 0 Å². The van der Waals surface area contributed by atoms with E-state index < -0.39 is 23.8 Å². The number of nitrogens with one attached hydrogen (secondary N) is 1. The maximum absolute atomic E-state index is 13.0. The minimum atomic E-state index is -1.08. The standard InChI is InChI=1S/C13H17F2NO2/c1-7(2)13(18)16-8(3)12(17)9-4-5-10(14)11(15)6-9/h4-8,12,17H,1-3H3,(H,16,18). The summed E-state index contributed by atoms with van der Waals surface area (Å²) in [7, 11) is 0. The van der Waals surface area contributed by atoms with E-state index in [0.29, 0.717) is 0 Å². The van der Waals surface area contributed by atoms with Gasteiger partial charge in [-0.1, -0.05) is 19.9 Å². The molecule has 0 aliphatic carbocycles. The third-order valence-corrected chi connectivity index (χ3v) is 2.65. The summed E-state index contributed by atoms with van der Waals surface area (Å²) >= 11 is 0. The second kappa shape index (κ2) is 5.91.